The molecule has 1 saturated carbocycles. The first-order chi connectivity index (χ1) is 10.1. The number of nitrogens with two attached hydrogens (primary N) is 1. The highest BCUT2D eigenvalue weighted by Crippen LogP contribution is 2.41. The smallest absolute Gasteiger partial charge is 0.186 e. The van der Waals surface area contributed by atoms with Gasteiger partial charge in [-0.15, -0.1) is 0 Å². The fraction of sp³-hybridized carbons (Fsp3) is 0.562. The van der Waals surface area contributed by atoms with Gasteiger partial charge in [0.2, 0.25) is 0 Å². The molecule has 3 nitrogen and oxygen atoms in total. The lowest BCUT2D eigenvalue weighted by atomic mass is 9.74. The molecule has 0 heterocycles. The molecule has 0 spiro atoms. The van der Waals surface area contributed by atoms with Gasteiger partial charge < -0.3 is 9.83 Å². The minimum Gasteiger partial charge on any atom is -0.408 e. The van der Waals surface area contributed by atoms with Crippen LogP contribution in [0.1, 0.15) is 44.1 Å². The Morgan fingerprint density at radius 2 is 2.10 bits per heavy atom. The summed E-state index contributed by atoms with van der Waals surface area (Å²) < 4.78 is 14.0. The number of halogens is 2. The average molecular weight is 313 g/mol. The van der Waals surface area contributed by atoms with Crippen molar-refractivity contribution in [2.24, 2.45) is 22.7 Å². The molecule has 0 aromatic heterocycles. The average Bonchev–Trinajstić information content (AvgIpc) is 2.50. The van der Waals surface area contributed by atoms with E-state index in [0.29, 0.717) is 11.8 Å². The Bertz CT molecular complexity index is 501. The summed E-state index contributed by atoms with van der Waals surface area (Å²) in [6.07, 6.45) is 4.54. The van der Waals surface area contributed by atoms with Crippen LogP contribution in [0.15, 0.2) is 17.1 Å². The quantitative estimate of drug-likeness (QED) is 0.649. The molecular weight excluding hydrogens is 291 g/mol. The first-order valence-corrected chi connectivity index (χ1v) is 7.73. The molecule has 0 radical (unpaired) electrons. The number of hydrogen-bond donors (Lipinski definition) is 1. The van der Waals surface area contributed by atoms with Crippen LogP contribution in [0.5, 0.6) is 5.75 Å². The molecule has 2 rings (SSSR count). The highest BCUT2D eigenvalue weighted by molar-refractivity contribution is 6.31. The van der Waals surface area contributed by atoms with E-state index in [-0.39, 0.29) is 16.7 Å². The van der Waals surface area contributed by atoms with Gasteiger partial charge in [0.1, 0.15) is 0 Å². The maximum Gasteiger partial charge on any atom is 0.186 e. The molecule has 0 aliphatic heterocycles. The van der Waals surface area contributed by atoms with Gasteiger partial charge in [-0.05, 0) is 61.8 Å². The molecule has 1 aromatic rings. The molecule has 5 heteroatoms. The Hall–Kier alpha value is -1.13. The zero-order valence-electron chi connectivity index (χ0n) is 12.3. The Morgan fingerprint density at radius 1 is 1.43 bits per heavy atom. The van der Waals surface area contributed by atoms with Gasteiger partial charge in [-0.25, -0.2) is 4.39 Å². The fourth-order valence-corrected chi connectivity index (χ4v) is 3.62. The maximum atomic E-state index is 14.0. The van der Waals surface area contributed by atoms with Crippen LogP contribution in [0.4, 0.5) is 4.39 Å². The lowest BCUT2D eigenvalue weighted by Crippen LogP contribution is -2.21. The Kier molecular flexibility index (Phi) is 5.59. The summed E-state index contributed by atoms with van der Waals surface area (Å²) in [6.45, 7) is 6.52. The van der Waals surface area contributed by atoms with E-state index in [9.17, 15) is 4.39 Å². The van der Waals surface area contributed by atoms with Crippen molar-refractivity contribution in [1.29, 1.82) is 0 Å². The largest absolute Gasteiger partial charge is 0.408 e. The monoisotopic (exact) mass is 312 g/mol. The highest BCUT2D eigenvalue weighted by atomic mass is 35.5. The molecule has 1 aliphatic rings. The fourth-order valence-electron chi connectivity index (χ4n) is 3.30. The molecule has 1 fully saturated rings. The molecule has 0 amide bonds. The Labute approximate surface area is 130 Å². The number of nitrogens with zero attached hydrogens (tertiary/aromatic N) is 1. The molecule has 1 aliphatic carbocycles. The number of aliphatic imine (C=N–C) groups is 1. The Balaban J connectivity index is 2.09. The summed E-state index contributed by atoms with van der Waals surface area (Å²) in [5, 5.41) is 0.125. The van der Waals surface area contributed by atoms with E-state index in [4.69, 9.17) is 17.5 Å². The highest BCUT2D eigenvalue weighted by Gasteiger charge is 2.28. The summed E-state index contributed by atoms with van der Waals surface area (Å²) in [4.78, 5) is 8.46. The van der Waals surface area contributed by atoms with Crippen LogP contribution in [-0.4, -0.2) is 13.3 Å². The van der Waals surface area contributed by atoms with Crippen LogP contribution >= 0.6 is 11.6 Å². The third-order valence-electron chi connectivity index (χ3n) is 4.68. The van der Waals surface area contributed by atoms with E-state index in [0.717, 1.165) is 37.8 Å². The van der Waals surface area contributed by atoms with Gasteiger partial charge in [-0.1, -0.05) is 24.6 Å². The van der Waals surface area contributed by atoms with E-state index in [2.05, 4.69) is 23.5 Å². The lowest BCUT2D eigenvalue weighted by molar-refractivity contribution is 0.253. The molecule has 1 unspecified atom stereocenters. The van der Waals surface area contributed by atoms with Crippen LogP contribution in [0.3, 0.4) is 0 Å². The van der Waals surface area contributed by atoms with Crippen LogP contribution < -0.4 is 10.7 Å². The third-order valence-corrected chi connectivity index (χ3v) is 5.06. The summed E-state index contributed by atoms with van der Waals surface area (Å²) in [5.41, 5.74) is 0.834. The zero-order valence-corrected chi connectivity index (χ0v) is 13.1. The zero-order chi connectivity index (χ0) is 15.4. The predicted octanol–water partition coefficient (Wildman–Crippen LogP) is 4.34. The molecule has 1 atom stereocenters. The van der Waals surface area contributed by atoms with Gasteiger partial charge in [0.25, 0.3) is 0 Å². The van der Waals surface area contributed by atoms with Gasteiger partial charge in [-0.3, -0.25) is 0 Å². The molecule has 0 saturated heterocycles. The second-order valence-electron chi connectivity index (χ2n) is 5.87. The second kappa shape index (κ2) is 7.23. The SMILES string of the molecule is C=NCC1CCC(C(C)c2ccc(ON)c(F)c2Cl)CC1. The molecule has 21 heavy (non-hydrogen) atoms. The Morgan fingerprint density at radius 3 is 2.67 bits per heavy atom. The molecule has 2 N–H and O–H groups in total. The van der Waals surface area contributed by atoms with Crippen LogP contribution in [-0.2, 0) is 0 Å². The molecular formula is C16H22ClFN2O. The van der Waals surface area contributed by atoms with Crippen molar-refractivity contribution in [2.75, 3.05) is 6.54 Å². The van der Waals surface area contributed by atoms with Crippen LogP contribution in [0.2, 0.25) is 5.02 Å². The molecule has 1 aromatic carbocycles. The molecule has 0 bridgehead atoms. The number of hydrogen-bond acceptors (Lipinski definition) is 3. The van der Waals surface area contributed by atoms with Crippen molar-refractivity contribution < 1.29 is 9.23 Å². The lowest BCUT2D eigenvalue weighted by Gasteiger charge is -2.32. The topological polar surface area (TPSA) is 47.6 Å². The van der Waals surface area contributed by atoms with Crippen molar-refractivity contribution in [2.45, 2.75) is 38.5 Å². The third kappa shape index (κ3) is 3.55. The number of rotatable bonds is 5. The van der Waals surface area contributed by atoms with Crippen molar-refractivity contribution >= 4 is 18.3 Å². The van der Waals surface area contributed by atoms with E-state index in [1.54, 1.807) is 6.07 Å². The van der Waals surface area contributed by atoms with Crippen LogP contribution in [0, 0.1) is 17.7 Å². The number of benzene rings is 1. The summed E-state index contributed by atoms with van der Waals surface area (Å²) >= 11 is 6.14. The van der Waals surface area contributed by atoms with E-state index >= 15 is 0 Å². The van der Waals surface area contributed by atoms with E-state index < -0.39 is 5.82 Å². The van der Waals surface area contributed by atoms with Gasteiger partial charge in [0, 0.05) is 6.54 Å². The minimum absolute atomic E-state index is 0.0169. The van der Waals surface area contributed by atoms with Crippen molar-refractivity contribution in [3.8, 4) is 5.75 Å². The van der Waals surface area contributed by atoms with E-state index in [1.807, 2.05) is 6.07 Å². The molecule has 116 valence electrons. The van der Waals surface area contributed by atoms with Crippen molar-refractivity contribution in [3.63, 3.8) is 0 Å². The van der Waals surface area contributed by atoms with E-state index in [1.165, 1.54) is 0 Å². The standard InChI is InChI=1S/C16H22ClFN2O/c1-10(12-5-3-11(4-6-12)9-20-2)13-7-8-14(21-19)16(18)15(13)17/h7-8,10-12H,2-6,9,19H2,1H3. The maximum absolute atomic E-state index is 14.0. The predicted molar refractivity (Wildman–Crippen MR) is 84.5 cm³/mol. The first-order valence-electron chi connectivity index (χ1n) is 7.35. The normalized spacial score (nSPS) is 23.6. The van der Waals surface area contributed by atoms with Crippen LogP contribution in [0.25, 0.3) is 0 Å². The van der Waals surface area contributed by atoms with Gasteiger partial charge >= 0.3 is 0 Å². The second-order valence-corrected chi connectivity index (χ2v) is 6.25. The van der Waals surface area contributed by atoms with Gasteiger partial charge in [0.15, 0.2) is 11.6 Å². The van der Waals surface area contributed by atoms with Gasteiger partial charge in [-0.2, -0.15) is 5.90 Å². The summed E-state index contributed by atoms with van der Waals surface area (Å²) in [6, 6.07) is 3.36. The van der Waals surface area contributed by atoms with Gasteiger partial charge in [0.05, 0.1) is 5.02 Å². The summed E-state index contributed by atoms with van der Waals surface area (Å²) in [5.74, 6) is 5.81. The minimum atomic E-state index is -0.576. The first kappa shape index (κ1) is 16.2. The summed E-state index contributed by atoms with van der Waals surface area (Å²) in [7, 11) is 0. The van der Waals surface area contributed by atoms with Crippen molar-refractivity contribution in [3.05, 3.63) is 28.5 Å². The van der Waals surface area contributed by atoms with Crippen molar-refractivity contribution in [1.82, 2.24) is 0 Å².